The van der Waals surface area contributed by atoms with E-state index in [9.17, 15) is 0 Å². The number of hydrogen-bond acceptors (Lipinski definition) is 0. The van der Waals surface area contributed by atoms with Crippen LogP contribution in [0.25, 0.3) is 56.3 Å². The van der Waals surface area contributed by atoms with Crippen molar-refractivity contribution in [2.45, 2.75) is 13.8 Å². The molecule has 0 saturated heterocycles. The van der Waals surface area contributed by atoms with Crippen molar-refractivity contribution < 1.29 is 0 Å². The molecule has 0 saturated carbocycles. The molecule has 0 unspecified atom stereocenters. The first kappa shape index (κ1) is 32.7. The quantitative estimate of drug-likeness (QED) is 0.142. The summed E-state index contributed by atoms with van der Waals surface area (Å²) in [7, 11) is 0. The van der Waals surface area contributed by atoms with E-state index in [0.29, 0.717) is 0 Å². The molecule has 0 heteroatoms. The van der Waals surface area contributed by atoms with Gasteiger partial charge >= 0.3 is 0 Å². The Morgan fingerprint density at radius 3 is 0.865 bits per heavy atom. The highest BCUT2D eigenvalue weighted by molar-refractivity contribution is 6.08. The lowest BCUT2D eigenvalue weighted by Gasteiger charge is -2.20. The van der Waals surface area contributed by atoms with E-state index < -0.39 is 0 Å². The normalized spacial score (nSPS) is 10.9. The molecule has 0 N–H and O–H groups in total. The zero-order valence-corrected chi connectivity index (χ0v) is 29.6. The molecule has 0 radical (unpaired) electrons. The van der Waals surface area contributed by atoms with Gasteiger partial charge in [0.1, 0.15) is 0 Å². The molecule has 8 aromatic rings. The minimum Gasteiger partial charge on any atom is -0.0622 e. The first-order chi connectivity index (χ1) is 25.6. The number of hydrogen-bond donors (Lipinski definition) is 0. The third-order valence-corrected chi connectivity index (χ3v) is 10.1. The predicted octanol–water partition coefficient (Wildman–Crippen LogP) is 14.0. The first-order valence-corrected chi connectivity index (χ1v) is 18.0. The van der Waals surface area contributed by atoms with Gasteiger partial charge in [0.2, 0.25) is 0 Å². The molecule has 8 rings (SSSR count). The fourth-order valence-electron chi connectivity index (χ4n) is 7.41. The molecule has 0 fully saturated rings. The topological polar surface area (TPSA) is 0 Å². The molecular formula is C52H40. The Kier molecular flexibility index (Phi) is 9.29. The van der Waals surface area contributed by atoms with Crippen molar-refractivity contribution in [1.29, 1.82) is 0 Å². The van der Waals surface area contributed by atoms with Gasteiger partial charge in [-0.25, -0.2) is 0 Å². The largest absolute Gasteiger partial charge is 0.0622 e. The molecule has 0 aromatic heterocycles. The minimum absolute atomic E-state index is 1.18. The van der Waals surface area contributed by atoms with Gasteiger partial charge < -0.3 is 0 Å². The van der Waals surface area contributed by atoms with Gasteiger partial charge in [0.15, 0.2) is 0 Å². The Morgan fingerprint density at radius 1 is 0.308 bits per heavy atom. The second kappa shape index (κ2) is 14.8. The van der Waals surface area contributed by atoms with Crippen LogP contribution in [-0.4, -0.2) is 0 Å². The van der Waals surface area contributed by atoms with Crippen LogP contribution in [0.1, 0.15) is 44.5 Å². The summed E-state index contributed by atoms with van der Waals surface area (Å²) in [6, 6.07) is 69.6. The maximum atomic E-state index is 2.30. The number of rotatable bonds is 8. The molecule has 0 spiro atoms. The van der Waals surface area contributed by atoms with E-state index in [1.165, 1.54) is 88.7 Å². The molecular weight excluding hydrogens is 625 g/mol. The van der Waals surface area contributed by atoms with Crippen LogP contribution in [-0.2, 0) is 0 Å². The van der Waals surface area contributed by atoms with Crippen LogP contribution in [0, 0.1) is 13.8 Å². The van der Waals surface area contributed by atoms with Crippen LogP contribution in [0.3, 0.4) is 0 Å². The van der Waals surface area contributed by atoms with Crippen molar-refractivity contribution in [3.63, 3.8) is 0 Å². The van der Waals surface area contributed by atoms with E-state index in [1.54, 1.807) is 0 Å². The summed E-state index contributed by atoms with van der Waals surface area (Å²) in [6.07, 6.45) is 4.60. The summed E-state index contributed by atoms with van der Waals surface area (Å²) in [5.41, 5.74) is 17.3. The van der Waals surface area contributed by atoms with Gasteiger partial charge in [-0.3, -0.25) is 0 Å². The monoisotopic (exact) mass is 664 g/mol. The Balaban J connectivity index is 1.17. The lowest BCUT2D eigenvalue weighted by molar-refractivity contribution is 1.36. The number of fused-ring (bicyclic) bond motifs is 1. The zero-order chi connectivity index (χ0) is 35.3. The molecule has 8 aromatic carbocycles. The fourth-order valence-corrected chi connectivity index (χ4v) is 7.41. The highest BCUT2D eigenvalue weighted by Gasteiger charge is 2.17. The predicted molar refractivity (Wildman–Crippen MR) is 224 cm³/mol. The van der Waals surface area contributed by atoms with Crippen LogP contribution < -0.4 is 0 Å². The third kappa shape index (κ3) is 6.67. The molecule has 0 nitrogen and oxygen atoms in total. The molecule has 0 aliphatic carbocycles. The Morgan fingerprint density at radius 2 is 0.577 bits per heavy atom. The van der Waals surface area contributed by atoms with Crippen LogP contribution in [0.15, 0.2) is 194 Å². The lowest BCUT2D eigenvalue weighted by Crippen LogP contribution is -1.96. The van der Waals surface area contributed by atoms with Gasteiger partial charge in [-0.15, -0.1) is 0 Å². The highest BCUT2D eigenvalue weighted by atomic mass is 14.2. The first-order valence-electron chi connectivity index (χ1n) is 18.0. The van der Waals surface area contributed by atoms with E-state index in [2.05, 4.69) is 220 Å². The van der Waals surface area contributed by atoms with Crippen LogP contribution in [0.4, 0.5) is 0 Å². The molecule has 0 aliphatic heterocycles. The molecule has 0 atom stereocenters. The molecule has 0 bridgehead atoms. The fraction of sp³-hybridized carbons (Fsp3) is 0.0385. The van der Waals surface area contributed by atoms with Gasteiger partial charge in [-0.2, -0.15) is 0 Å². The van der Waals surface area contributed by atoms with Gasteiger partial charge in [0.25, 0.3) is 0 Å². The van der Waals surface area contributed by atoms with Crippen molar-refractivity contribution in [2.24, 2.45) is 0 Å². The van der Waals surface area contributed by atoms with E-state index in [4.69, 9.17) is 0 Å². The second-order valence-electron chi connectivity index (χ2n) is 13.4. The standard InChI is InChI=1S/C52H40/c1-37-38(2)52(46-33-29-40(30-34-46)36-50(43-21-11-5-12-22-43)44-23-13-6-14-24-44)48-26-16-15-25-47(48)51(37)45-31-27-39(28-32-45)35-49(41-17-7-3-8-18-41)42-19-9-4-10-20-42/h3-36H,1-2H3. The Labute approximate surface area is 307 Å². The molecule has 0 amide bonds. The van der Waals surface area contributed by atoms with Gasteiger partial charge in [-0.1, -0.05) is 194 Å². The second-order valence-corrected chi connectivity index (χ2v) is 13.4. The van der Waals surface area contributed by atoms with Crippen molar-refractivity contribution in [1.82, 2.24) is 0 Å². The molecule has 52 heavy (non-hydrogen) atoms. The highest BCUT2D eigenvalue weighted by Crippen LogP contribution is 2.42. The molecule has 248 valence electrons. The van der Waals surface area contributed by atoms with Crippen LogP contribution in [0.2, 0.25) is 0 Å². The minimum atomic E-state index is 1.18. The average Bonchev–Trinajstić information content (AvgIpc) is 3.22. The summed E-state index contributed by atoms with van der Waals surface area (Å²) in [6.45, 7) is 4.56. The molecule has 0 heterocycles. The van der Waals surface area contributed by atoms with Crippen molar-refractivity contribution >= 4 is 34.1 Å². The van der Waals surface area contributed by atoms with Gasteiger partial charge in [0.05, 0.1) is 0 Å². The Bertz CT molecular complexity index is 2240. The summed E-state index contributed by atoms with van der Waals surface area (Å²) < 4.78 is 0. The van der Waals surface area contributed by atoms with Crippen molar-refractivity contribution in [2.75, 3.05) is 0 Å². The maximum Gasteiger partial charge on any atom is -0.00730 e. The average molecular weight is 665 g/mol. The summed E-state index contributed by atoms with van der Waals surface area (Å²) >= 11 is 0. The zero-order valence-electron chi connectivity index (χ0n) is 29.6. The Hall–Kier alpha value is -6.50. The SMILES string of the molecule is Cc1c(C)c(-c2ccc(C=C(c3ccccc3)c3ccccc3)cc2)c2ccccc2c1-c1ccc(C=C(c2ccccc2)c2ccccc2)cc1. The van der Waals surface area contributed by atoms with Gasteiger partial charge in [-0.05, 0) is 115 Å². The smallest absolute Gasteiger partial charge is 0.00730 e. The van der Waals surface area contributed by atoms with Crippen LogP contribution in [0.5, 0.6) is 0 Å². The number of benzene rings is 8. The summed E-state index contributed by atoms with van der Waals surface area (Å²) in [5, 5.41) is 2.55. The summed E-state index contributed by atoms with van der Waals surface area (Å²) in [5.74, 6) is 0. The van der Waals surface area contributed by atoms with Crippen molar-refractivity contribution in [3.05, 3.63) is 239 Å². The van der Waals surface area contributed by atoms with Crippen molar-refractivity contribution in [3.8, 4) is 22.3 Å². The summed E-state index contributed by atoms with van der Waals surface area (Å²) in [4.78, 5) is 0. The van der Waals surface area contributed by atoms with E-state index in [0.717, 1.165) is 0 Å². The lowest BCUT2D eigenvalue weighted by atomic mass is 9.84. The van der Waals surface area contributed by atoms with E-state index in [1.807, 2.05) is 0 Å². The van der Waals surface area contributed by atoms with Crippen LogP contribution >= 0.6 is 0 Å². The van der Waals surface area contributed by atoms with E-state index in [-0.39, 0.29) is 0 Å². The third-order valence-electron chi connectivity index (χ3n) is 10.1. The maximum absolute atomic E-state index is 2.30. The van der Waals surface area contributed by atoms with Gasteiger partial charge in [0, 0.05) is 0 Å². The van der Waals surface area contributed by atoms with E-state index >= 15 is 0 Å². The molecule has 0 aliphatic rings.